The molecule has 0 N–H and O–H groups in total. The number of hydrogen-bond donors (Lipinski definition) is 0. The van der Waals surface area contributed by atoms with Crippen molar-refractivity contribution in [1.82, 2.24) is 4.57 Å². The molecule has 1 aliphatic heterocycles. The lowest BCUT2D eigenvalue weighted by Crippen LogP contribution is -1.97. The Labute approximate surface area is 254 Å². The molecule has 0 aliphatic carbocycles. The van der Waals surface area contributed by atoms with Crippen molar-refractivity contribution in [2.45, 2.75) is 0 Å². The van der Waals surface area contributed by atoms with Crippen LogP contribution in [0.1, 0.15) is 0 Å². The molecule has 2 heterocycles. The molecule has 0 spiro atoms. The third-order valence-corrected chi connectivity index (χ3v) is 9.35. The number of aromatic nitrogens is 1. The fraction of sp³-hybridized carbons (Fsp3) is 0. The summed E-state index contributed by atoms with van der Waals surface area (Å²) in [6.45, 7) is 0. The molecule has 0 fully saturated rings. The molecule has 0 saturated carbocycles. The number of rotatable bonds is 2. The van der Waals surface area contributed by atoms with Crippen LogP contribution in [0, 0.1) is 0 Å². The van der Waals surface area contributed by atoms with Crippen LogP contribution in [0.4, 0.5) is 0 Å². The van der Waals surface area contributed by atoms with Gasteiger partial charge in [0.05, 0.1) is 11.0 Å². The molecule has 0 atom stereocenters. The van der Waals surface area contributed by atoms with E-state index in [-0.39, 0.29) is 0 Å². The summed E-state index contributed by atoms with van der Waals surface area (Å²) >= 11 is 0. The Morgan fingerprint density at radius 2 is 1.00 bits per heavy atom. The zero-order valence-electron chi connectivity index (χ0n) is 23.8. The highest BCUT2D eigenvalue weighted by Gasteiger charge is 2.21. The van der Waals surface area contributed by atoms with Crippen LogP contribution < -0.4 is 4.74 Å². The summed E-state index contributed by atoms with van der Waals surface area (Å²) in [7, 11) is 0. The first-order valence-corrected chi connectivity index (χ1v) is 15.1. The zero-order chi connectivity index (χ0) is 28.8. The Balaban J connectivity index is 1.18. The average molecular weight is 560 g/mol. The van der Waals surface area contributed by atoms with Gasteiger partial charge in [-0.05, 0) is 63.2 Å². The molecular formula is C42H25NO. The summed E-state index contributed by atoms with van der Waals surface area (Å²) in [5, 5.41) is 9.95. The Bertz CT molecular complexity index is 2530. The van der Waals surface area contributed by atoms with Crippen LogP contribution in [0.15, 0.2) is 152 Å². The van der Waals surface area contributed by atoms with Crippen molar-refractivity contribution >= 4 is 54.1 Å². The second-order valence-electron chi connectivity index (χ2n) is 11.7. The minimum absolute atomic E-state index is 0.903. The van der Waals surface area contributed by atoms with Crippen LogP contribution in [0.3, 0.4) is 0 Å². The van der Waals surface area contributed by atoms with Gasteiger partial charge in [0.15, 0.2) is 0 Å². The molecule has 9 aromatic rings. The van der Waals surface area contributed by atoms with Crippen molar-refractivity contribution in [1.29, 1.82) is 0 Å². The lowest BCUT2D eigenvalue weighted by molar-refractivity contribution is 0.487. The van der Waals surface area contributed by atoms with Gasteiger partial charge in [0.2, 0.25) is 0 Å². The molecule has 0 unspecified atom stereocenters. The van der Waals surface area contributed by atoms with Gasteiger partial charge in [-0.3, -0.25) is 0 Å². The smallest absolute Gasteiger partial charge is 0.135 e. The van der Waals surface area contributed by atoms with Gasteiger partial charge in [0.1, 0.15) is 11.5 Å². The number of ether oxygens (including phenoxy) is 1. The maximum absolute atomic E-state index is 6.36. The zero-order valence-corrected chi connectivity index (χ0v) is 23.8. The van der Waals surface area contributed by atoms with E-state index in [1.54, 1.807) is 0 Å². The highest BCUT2D eigenvalue weighted by Crippen LogP contribution is 2.47. The normalized spacial score (nSPS) is 12.3. The fourth-order valence-corrected chi connectivity index (χ4v) is 7.34. The standard InChI is InChI=1S/C42H25NO/c1-3-11-32-27(7-1)17-22-35-36-23-18-28-8-2-4-12-33(28)42(36)43(41(32)35)31-20-15-26(16-21-31)30-19-24-38-37(25-30)34-13-5-9-29-10-6-14-39(44-38)40(29)34/h1-25H. The molecule has 0 radical (unpaired) electrons. The van der Waals surface area contributed by atoms with Crippen molar-refractivity contribution in [2.24, 2.45) is 0 Å². The summed E-state index contributed by atoms with van der Waals surface area (Å²) in [5.41, 5.74) is 8.37. The van der Waals surface area contributed by atoms with Crippen LogP contribution >= 0.6 is 0 Å². The summed E-state index contributed by atoms with van der Waals surface area (Å²) < 4.78 is 8.83. The third kappa shape index (κ3) is 3.25. The Kier molecular flexibility index (Phi) is 4.75. The summed E-state index contributed by atoms with van der Waals surface area (Å²) in [6.07, 6.45) is 0. The first-order chi connectivity index (χ1) is 21.8. The molecule has 2 nitrogen and oxygen atoms in total. The van der Waals surface area contributed by atoms with Crippen LogP contribution in [-0.4, -0.2) is 4.57 Å². The SMILES string of the molecule is c1cc2c3c(cccc3c1)-c1cc(-c3ccc(-n4c5c6ccccc6ccc5c5ccc6ccccc6c54)cc3)ccc1O2. The first kappa shape index (κ1) is 23.7. The van der Waals surface area contributed by atoms with Gasteiger partial charge in [0, 0.05) is 38.2 Å². The highest BCUT2D eigenvalue weighted by molar-refractivity contribution is 6.23. The second kappa shape index (κ2) is 8.82. The van der Waals surface area contributed by atoms with E-state index >= 15 is 0 Å². The van der Waals surface area contributed by atoms with Gasteiger partial charge in [-0.15, -0.1) is 0 Å². The third-order valence-electron chi connectivity index (χ3n) is 9.35. The molecule has 10 rings (SSSR count). The number of hydrogen-bond acceptors (Lipinski definition) is 1. The van der Waals surface area contributed by atoms with Crippen molar-refractivity contribution < 1.29 is 4.74 Å². The van der Waals surface area contributed by atoms with Crippen molar-refractivity contribution in [2.75, 3.05) is 0 Å². The molecule has 0 saturated heterocycles. The highest BCUT2D eigenvalue weighted by atomic mass is 16.5. The molecule has 1 aromatic heterocycles. The largest absolute Gasteiger partial charge is 0.456 e. The van der Waals surface area contributed by atoms with Gasteiger partial charge in [0.25, 0.3) is 0 Å². The van der Waals surface area contributed by atoms with E-state index in [4.69, 9.17) is 4.74 Å². The van der Waals surface area contributed by atoms with E-state index in [1.165, 1.54) is 70.8 Å². The van der Waals surface area contributed by atoms with E-state index in [1.807, 2.05) is 0 Å². The van der Waals surface area contributed by atoms with Crippen LogP contribution in [0.2, 0.25) is 0 Å². The predicted octanol–water partition coefficient (Wildman–Crippen LogP) is 11.7. The maximum Gasteiger partial charge on any atom is 0.135 e. The van der Waals surface area contributed by atoms with E-state index in [0.29, 0.717) is 0 Å². The molecule has 204 valence electrons. The van der Waals surface area contributed by atoms with Crippen LogP contribution in [0.25, 0.3) is 82.1 Å². The summed E-state index contributed by atoms with van der Waals surface area (Å²) in [4.78, 5) is 0. The Hall–Kier alpha value is -5.86. The second-order valence-corrected chi connectivity index (χ2v) is 11.7. The van der Waals surface area contributed by atoms with Gasteiger partial charge in [-0.1, -0.05) is 121 Å². The molecule has 2 heteroatoms. The lowest BCUT2D eigenvalue weighted by atomic mass is 9.92. The number of fused-ring (bicyclic) bond motifs is 9. The van der Waals surface area contributed by atoms with Crippen molar-refractivity contribution in [3.63, 3.8) is 0 Å². The van der Waals surface area contributed by atoms with Crippen LogP contribution in [-0.2, 0) is 0 Å². The molecule has 0 amide bonds. The van der Waals surface area contributed by atoms with Gasteiger partial charge in [-0.25, -0.2) is 0 Å². The molecule has 0 bridgehead atoms. The topological polar surface area (TPSA) is 14.2 Å². The van der Waals surface area contributed by atoms with E-state index in [9.17, 15) is 0 Å². The van der Waals surface area contributed by atoms with Crippen molar-refractivity contribution in [3.8, 4) is 39.4 Å². The quantitative estimate of drug-likeness (QED) is 0.205. The molecular weight excluding hydrogens is 534 g/mol. The van der Waals surface area contributed by atoms with Crippen LogP contribution in [0.5, 0.6) is 11.5 Å². The molecule has 44 heavy (non-hydrogen) atoms. The molecule has 8 aromatic carbocycles. The van der Waals surface area contributed by atoms with Gasteiger partial charge in [-0.2, -0.15) is 0 Å². The maximum atomic E-state index is 6.36. The number of benzene rings is 8. The predicted molar refractivity (Wildman–Crippen MR) is 184 cm³/mol. The molecule has 1 aliphatic rings. The minimum atomic E-state index is 0.903. The van der Waals surface area contributed by atoms with E-state index in [2.05, 4.69) is 156 Å². The fourth-order valence-electron chi connectivity index (χ4n) is 7.34. The summed E-state index contributed by atoms with van der Waals surface area (Å²) in [6, 6.07) is 54.9. The Morgan fingerprint density at radius 3 is 1.70 bits per heavy atom. The lowest BCUT2D eigenvalue weighted by Gasteiger charge is -2.22. The van der Waals surface area contributed by atoms with Gasteiger partial charge < -0.3 is 9.30 Å². The Morgan fingerprint density at radius 1 is 0.386 bits per heavy atom. The van der Waals surface area contributed by atoms with Crippen molar-refractivity contribution in [3.05, 3.63) is 152 Å². The summed E-state index contributed by atoms with van der Waals surface area (Å²) in [5.74, 6) is 1.83. The van der Waals surface area contributed by atoms with E-state index < -0.39 is 0 Å². The number of nitrogens with zero attached hydrogens (tertiary/aromatic N) is 1. The monoisotopic (exact) mass is 559 g/mol. The van der Waals surface area contributed by atoms with E-state index in [0.717, 1.165) is 22.7 Å². The average Bonchev–Trinajstić information content (AvgIpc) is 3.44. The van der Waals surface area contributed by atoms with Gasteiger partial charge >= 0.3 is 0 Å². The minimum Gasteiger partial charge on any atom is -0.456 e. The first-order valence-electron chi connectivity index (χ1n) is 15.1.